The van der Waals surface area contributed by atoms with E-state index in [9.17, 15) is 5.11 Å². The Balaban J connectivity index is 1.99. The third-order valence-corrected chi connectivity index (χ3v) is 4.48. The van der Waals surface area contributed by atoms with Gasteiger partial charge < -0.3 is 10.0 Å². The van der Waals surface area contributed by atoms with Crippen LogP contribution >= 0.6 is 11.3 Å². The summed E-state index contributed by atoms with van der Waals surface area (Å²) in [6, 6.07) is 10.2. The third kappa shape index (κ3) is 2.89. The van der Waals surface area contributed by atoms with Crippen LogP contribution in [0.4, 0.5) is 5.82 Å². The van der Waals surface area contributed by atoms with Crippen molar-refractivity contribution in [3.8, 4) is 0 Å². The van der Waals surface area contributed by atoms with E-state index in [0.29, 0.717) is 6.54 Å². The van der Waals surface area contributed by atoms with Gasteiger partial charge in [-0.2, -0.15) is 0 Å². The van der Waals surface area contributed by atoms with E-state index in [2.05, 4.69) is 39.3 Å². The van der Waals surface area contributed by atoms with Gasteiger partial charge in [-0.1, -0.05) is 30.3 Å². The molecule has 0 fully saturated rings. The number of aliphatic hydroxyl groups is 1. The predicted octanol–water partition coefficient (Wildman–Crippen LogP) is 3.00. The van der Waals surface area contributed by atoms with Gasteiger partial charge >= 0.3 is 0 Å². The lowest BCUT2D eigenvalue weighted by Crippen LogP contribution is -2.27. The standard InChI is InChI=1S/C16H17N3OS/c1-12-10-21-15-14(12)17-11-18-16(15)19(7-8-20)9-13-5-3-2-4-6-13/h2-6,10-11,20H,7-9H2,1H3. The zero-order valence-electron chi connectivity index (χ0n) is 11.9. The first kappa shape index (κ1) is 14.0. The maximum atomic E-state index is 9.37. The van der Waals surface area contributed by atoms with Gasteiger partial charge in [0.15, 0.2) is 0 Å². The van der Waals surface area contributed by atoms with Gasteiger partial charge in [-0.05, 0) is 23.4 Å². The molecule has 1 N–H and O–H groups in total. The number of aliphatic hydroxyl groups excluding tert-OH is 1. The van der Waals surface area contributed by atoms with Gasteiger partial charge in [-0.15, -0.1) is 11.3 Å². The summed E-state index contributed by atoms with van der Waals surface area (Å²) < 4.78 is 1.08. The fourth-order valence-electron chi connectivity index (χ4n) is 2.37. The lowest BCUT2D eigenvalue weighted by atomic mass is 10.2. The highest BCUT2D eigenvalue weighted by molar-refractivity contribution is 7.18. The minimum atomic E-state index is 0.0999. The summed E-state index contributed by atoms with van der Waals surface area (Å²) in [6.45, 7) is 3.44. The van der Waals surface area contributed by atoms with Gasteiger partial charge in [-0.3, -0.25) is 0 Å². The Labute approximate surface area is 127 Å². The van der Waals surface area contributed by atoms with Crippen molar-refractivity contribution in [2.45, 2.75) is 13.5 Å². The smallest absolute Gasteiger partial charge is 0.150 e. The summed E-state index contributed by atoms with van der Waals surface area (Å²) >= 11 is 1.66. The van der Waals surface area contributed by atoms with E-state index in [1.54, 1.807) is 17.7 Å². The number of hydrogen-bond donors (Lipinski definition) is 1. The first-order valence-electron chi connectivity index (χ1n) is 6.88. The maximum absolute atomic E-state index is 9.37. The van der Waals surface area contributed by atoms with E-state index in [-0.39, 0.29) is 6.61 Å². The van der Waals surface area contributed by atoms with E-state index in [1.807, 2.05) is 18.2 Å². The van der Waals surface area contributed by atoms with Crippen LogP contribution in [0.2, 0.25) is 0 Å². The molecule has 0 radical (unpaired) electrons. The second-order valence-corrected chi connectivity index (χ2v) is 5.80. The van der Waals surface area contributed by atoms with Crippen molar-refractivity contribution in [1.29, 1.82) is 0 Å². The summed E-state index contributed by atoms with van der Waals surface area (Å²) in [4.78, 5) is 10.9. The molecule has 4 nitrogen and oxygen atoms in total. The van der Waals surface area contributed by atoms with Gasteiger partial charge in [0.25, 0.3) is 0 Å². The number of nitrogens with zero attached hydrogens (tertiary/aromatic N) is 3. The fraction of sp³-hybridized carbons (Fsp3) is 0.250. The van der Waals surface area contributed by atoms with E-state index < -0.39 is 0 Å². The Morgan fingerprint density at radius 2 is 2.00 bits per heavy atom. The number of anilines is 1. The summed E-state index contributed by atoms with van der Waals surface area (Å²) in [5.74, 6) is 0.899. The molecule has 0 unspecified atom stereocenters. The van der Waals surface area contributed by atoms with E-state index in [1.165, 1.54) is 11.1 Å². The average Bonchev–Trinajstić information content (AvgIpc) is 2.90. The molecule has 3 rings (SSSR count). The Bertz CT molecular complexity index is 727. The van der Waals surface area contributed by atoms with Crippen LogP contribution in [0.5, 0.6) is 0 Å². The minimum absolute atomic E-state index is 0.0999. The van der Waals surface area contributed by atoms with Crippen LogP contribution in [0, 0.1) is 6.92 Å². The molecule has 3 aromatic rings. The number of thiophene rings is 1. The van der Waals surface area contributed by atoms with Crippen molar-refractivity contribution in [3.63, 3.8) is 0 Å². The Morgan fingerprint density at radius 3 is 2.76 bits per heavy atom. The maximum Gasteiger partial charge on any atom is 0.150 e. The van der Waals surface area contributed by atoms with Crippen molar-refractivity contribution in [3.05, 3.63) is 53.2 Å². The Hall–Kier alpha value is -1.98. The fourth-order valence-corrected chi connectivity index (χ4v) is 3.39. The quantitative estimate of drug-likeness (QED) is 0.787. The predicted molar refractivity (Wildman–Crippen MR) is 86.7 cm³/mol. The molecule has 2 aromatic heterocycles. The minimum Gasteiger partial charge on any atom is -0.395 e. The summed E-state index contributed by atoms with van der Waals surface area (Å²) in [7, 11) is 0. The first-order valence-corrected chi connectivity index (χ1v) is 7.76. The lowest BCUT2D eigenvalue weighted by molar-refractivity contribution is 0.301. The van der Waals surface area contributed by atoms with Crippen LogP contribution in [-0.2, 0) is 6.54 Å². The zero-order chi connectivity index (χ0) is 14.7. The molecule has 5 heteroatoms. The topological polar surface area (TPSA) is 49.2 Å². The van der Waals surface area contributed by atoms with Gasteiger partial charge in [0.1, 0.15) is 12.1 Å². The van der Waals surface area contributed by atoms with Crippen molar-refractivity contribution >= 4 is 27.4 Å². The summed E-state index contributed by atoms with van der Waals surface area (Å²) in [5.41, 5.74) is 3.37. The SMILES string of the molecule is Cc1csc2c(N(CCO)Cc3ccccc3)ncnc12. The molecule has 2 heterocycles. The van der Waals surface area contributed by atoms with Crippen LogP contribution in [0.25, 0.3) is 10.2 Å². The van der Waals surface area contributed by atoms with E-state index in [4.69, 9.17) is 0 Å². The summed E-state index contributed by atoms with van der Waals surface area (Å²) in [5, 5.41) is 11.5. The highest BCUT2D eigenvalue weighted by atomic mass is 32.1. The van der Waals surface area contributed by atoms with Crippen molar-refractivity contribution in [2.24, 2.45) is 0 Å². The number of fused-ring (bicyclic) bond motifs is 1. The molecule has 0 saturated heterocycles. The number of rotatable bonds is 5. The molecule has 0 saturated carbocycles. The molecule has 0 aliphatic heterocycles. The first-order chi connectivity index (χ1) is 10.3. The molecule has 0 aliphatic carbocycles. The van der Waals surface area contributed by atoms with Gasteiger partial charge in [-0.25, -0.2) is 9.97 Å². The van der Waals surface area contributed by atoms with E-state index >= 15 is 0 Å². The van der Waals surface area contributed by atoms with Crippen LogP contribution in [0.1, 0.15) is 11.1 Å². The number of benzene rings is 1. The number of aryl methyl sites for hydroxylation is 1. The monoisotopic (exact) mass is 299 g/mol. The molecule has 0 atom stereocenters. The lowest BCUT2D eigenvalue weighted by Gasteiger charge is -2.23. The van der Waals surface area contributed by atoms with Gasteiger partial charge in [0, 0.05) is 13.1 Å². The zero-order valence-corrected chi connectivity index (χ0v) is 12.7. The van der Waals surface area contributed by atoms with Gasteiger partial charge in [0.2, 0.25) is 0 Å². The number of hydrogen-bond acceptors (Lipinski definition) is 5. The average molecular weight is 299 g/mol. The molecule has 0 spiro atoms. The highest BCUT2D eigenvalue weighted by Crippen LogP contribution is 2.31. The second-order valence-electron chi connectivity index (χ2n) is 4.92. The summed E-state index contributed by atoms with van der Waals surface area (Å²) in [6.07, 6.45) is 1.60. The van der Waals surface area contributed by atoms with Gasteiger partial charge in [0.05, 0.1) is 16.8 Å². The van der Waals surface area contributed by atoms with E-state index in [0.717, 1.165) is 22.6 Å². The highest BCUT2D eigenvalue weighted by Gasteiger charge is 2.15. The molecule has 21 heavy (non-hydrogen) atoms. The molecular formula is C16H17N3OS. The molecule has 108 valence electrons. The molecular weight excluding hydrogens is 282 g/mol. The number of aromatic nitrogens is 2. The third-order valence-electron chi connectivity index (χ3n) is 3.40. The normalized spacial score (nSPS) is 11.0. The van der Waals surface area contributed by atoms with Crippen molar-refractivity contribution in [1.82, 2.24) is 9.97 Å². The second kappa shape index (κ2) is 6.20. The molecule has 0 aliphatic rings. The van der Waals surface area contributed by atoms with Crippen molar-refractivity contribution in [2.75, 3.05) is 18.1 Å². The molecule has 0 amide bonds. The van der Waals surface area contributed by atoms with Crippen LogP contribution < -0.4 is 4.90 Å². The Morgan fingerprint density at radius 1 is 1.19 bits per heavy atom. The Kier molecular flexibility index (Phi) is 4.13. The van der Waals surface area contributed by atoms with Crippen LogP contribution in [-0.4, -0.2) is 28.2 Å². The largest absolute Gasteiger partial charge is 0.395 e. The molecule has 0 bridgehead atoms. The van der Waals surface area contributed by atoms with Crippen LogP contribution in [0.15, 0.2) is 42.0 Å². The molecule has 1 aromatic carbocycles. The van der Waals surface area contributed by atoms with Crippen LogP contribution in [0.3, 0.4) is 0 Å². The van der Waals surface area contributed by atoms with Crippen molar-refractivity contribution < 1.29 is 5.11 Å².